The lowest BCUT2D eigenvalue weighted by Gasteiger charge is -2.48. The number of rotatable bonds is 3. The van der Waals surface area contributed by atoms with Gasteiger partial charge in [-0.1, -0.05) is 50.2 Å². The van der Waals surface area contributed by atoms with E-state index in [1.54, 1.807) is 13.2 Å². The highest BCUT2D eigenvalue weighted by molar-refractivity contribution is 6.07. The van der Waals surface area contributed by atoms with Crippen LogP contribution >= 0.6 is 0 Å². The number of aromatic hydroxyl groups is 1. The summed E-state index contributed by atoms with van der Waals surface area (Å²) in [6.07, 6.45) is 0.667. The van der Waals surface area contributed by atoms with E-state index in [0.29, 0.717) is 12.2 Å². The number of likely N-dealkylation sites (N-methyl/N-ethyl adjacent to an activating group) is 1. The van der Waals surface area contributed by atoms with Crippen molar-refractivity contribution in [3.63, 3.8) is 0 Å². The molecule has 0 aliphatic carbocycles. The van der Waals surface area contributed by atoms with Crippen LogP contribution in [0.15, 0.2) is 77.9 Å². The summed E-state index contributed by atoms with van der Waals surface area (Å²) in [5.74, 6) is 0.805. The van der Waals surface area contributed by atoms with Crippen LogP contribution in [0.25, 0.3) is 0 Å². The first kappa shape index (κ1) is 19.5. The minimum absolute atomic E-state index is 0.180. The second kappa shape index (κ2) is 6.77. The van der Waals surface area contributed by atoms with Gasteiger partial charge in [-0.25, -0.2) is 5.01 Å². The molecule has 5 rings (SSSR count). The average molecular weight is 414 g/mol. The maximum absolute atomic E-state index is 10.7. The molecular weight excluding hydrogens is 386 g/mol. The van der Waals surface area contributed by atoms with E-state index in [2.05, 4.69) is 67.2 Å². The Morgan fingerprint density at radius 2 is 1.68 bits per heavy atom. The number of anilines is 2. The molecule has 1 unspecified atom stereocenters. The van der Waals surface area contributed by atoms with E-state index in [-0.39, 0.29) is 11.2 Å². The summed E-state index contributed by atoms with van der Waals surface area (Å²) in [7, 11) is 3.75. The second-order valence-corrected chi connectivity index (χ2v) is 8.77. The Bertz CT molecular complexity index is 1170. The maximum Gasteiger partial charge on any atom is 0.149 e. The zero-order chi connectivity index (χ0) is 21.8. The summed E-state index contributed by atoms with van der Waals surface area (Å²) in [6, 6.07) is 24.3. The largest absolute Gasteiger partial charge is 0.507 e. The normalized spacial score (nSPS) is 21.4. The fourth-order valence-electron chi connectivity index (χ4n) is 5.29. The lowest BCUT2D eigenvalue weighted by molar-refractivity contribution is 0.279. The van der Waals surface area contributed by atoms with Gasteiger partial charge >= 0.3 is 0 Å². The van der Waals surface area contributed by atoms with Gasteiger partial charge in [0.05, 0.1) is 18.5 Å². The Balaban J connectivity index is 1.70. The number of hydrogen-bond donors (Lipinski definition) is 1. The quantitative estimate of drug-likeness (QED) is 0.646. The highest BCUT2D eigenvalue weighted by atomic mass is 16.5. The van der Waals surface area contributed by atoms with Gasteiger partial charge in [-0.2, -0.15) is 5.10 Å². The Morgan fingerprint density at radius 1 is 0.968 bits per heavy atom. The van der Waals surface area contributed by atoms with E-state index in [0.717, 1.165) is 17.0 Å². The molecule has 3 aromatic carbocycles. The molecule has 0 saturated heterocycles. The summed E-state index contributed by atoms with van der Waals surface area (Å²) >= 11 is 0. The molecule has 3 aromatic rings. The van der Waals surface area contributed by atoms with Gasteiger partial charge < -0.3 is 14.7 Å². The minimum Gasteiger partial charge on any atom is -0.507 e. The van der Waals surface area contributed by atoms with E-state index in [1.807, 2.05) is 30.3 Å². The highest BCUT2D eigenvalue weighted by Gasteiger charge is 2.62. The molecule has 0 radical (unpaired) electrons. The van der Waals surface area contributed by atoms with Crippen LogP contribution in [-0.2, 0) is 5.41 Å². The van der Waals surface area contributed by atoms with Crippen LogP contribution in [0.3, 0.4) is 0 Å². The van der Waals surface area contributed by atoms with Crippen LogP contribution in [0.5, 0.6) is 11.5 Å². The third-order valence-corrected chi connectivity index (χ3v) is 7.00. The molecule has 1 N–H and O–H groups in total. The van der Waals surface area contributed by atoms with Crippen LogP contribution in [0.1, 0.15) is 31.4 Å². The number of phenolic OH excluding ortho intramolecular Hbond substituents is 1. The van der Waals surface area contributed by atoms with Crippen molar-refractivity contribution in [2.45, 2.75) is 31.3 Å². The zero-order valence-corrected chi connectivity index (χ0v) is 18.3. The molecule has 158 valence electrons. The number of methoxy groups -OCH3 is 1. The molecule has 0 saturated carbocycles. The predicted octanol–water partition coefficient (Wildman–Crippen LogP) is 5.14. The highest BCUT2D eigenvalue weighted by Crippen LogP contribution is 2.57. The number of para-hydroxylation sites is 2. The number of hydrazone groups is 1. The standard InChI is InChI=1S/C26H27N3O2/c1-25(2)21-12-8-9-13-23(21)28(3)26(25)17-22(20-15-14-19(31-4)16-24(20)30)27-29(26)18-10-6-5-7-11-18/h5-16,30H,17H2,1-4H3. The zero-order valence-electron chi connectivity index (χ0n) is 18.3. The van der Waals surface area contributed by atoms with E-state index >= 15 is 0 Å². The van der Waals surface area contributed by atoms with Gasteiger partial charge in [-0.15, -0.1) is 0 Å². The first-order chi connectivity index (χ1) is 14.9. The third-order valence-electron chi connectivity index (χ3n) is 7.00. The van der Waals surface area contributed by atoms with Crippen molar-refractivity contribution in [3.8, 4) is 11.5 Å². The minimum atomic E-state index is -0.445. The van der Waals surface area contributed by atoms with Crippen molar-refractivity contribution < 1.29 is 9.84 Å². The molecule has 5 heteroatoms. The van der Waals surface area contributed by atoms with Gasteiger partial charge in [0.25, 0.3) is 0 Å². The Morgan fingerprint density at radius 3 is 2.35 bits per heavy atom. The predicted molar refractivity (Wildman–Crippen MR) is 125 cm³/mol. The Kier molecular flexibility index (Phi) is 4.26. The summed E-state index contributed by atoms with van der Waals surface area (Å²) < 4.78 is 5.27. The van der Waals surface area contributed by atoms with Crippen LogP contribution < -0.4 is 14.6 Å². The monoisotopic (exact) mass is 413 g/mol. The van der Waals surface area contributed by atoms with Crippen LogP contribution in [0, 0.1) is 0 Å². The lowest BCUT2D eigenvalue weighted by atomic mass is 9.73. The molecule has 0 amide bonds. The molecule has 0 bridgehead atoms. The molecule has 1 spiro atoms. The van der Waals surface area contributed by atoms with E-state index in [4.69, 9.17) is 9.84 Å². The molecule has 2 heterocycles. The van der Waals surface area contributed by atoms with Gasteiger partial charge in [0.15, 0.2) is 0 Å². The molecule has 5 nitrogen and oxygen atoms in total. The van der Waals surface area contributed by atoms with E-state index < -0.39 is 5.66 Å². The fraction of sp³-hybridized carbons (Fsp3) is 0.269. The molecule has 2 aliphatic rings. The summed E-state index contributed by atoms with van der Waals surface area (Å²) in [5, 5.41) is 18.0. The lowest BCUT2D eigenvalue weighted by Crippen LogP contribution is -2.62. The number of phenols is 1. The van der Waals surface area contributed by atoms with E-state index in [9.17, 15) is 5.11 Å². The molecule has 0 aromatic heterocycles. The van der Waals surface area contributed by atoms with Crippen LogP contribution in [0.4, 0.5) is 11.4 Å². The first-order valence-corrected chi connectivity index (χ1v) is 10.5. The van der Waals surface area contributed by atoms with Crippen molar-refractivity contribution in [2.24, 2.45) is 5.10 Å². The molecule has 0 fully saturated rings. The maximum atomic E-state index is 10.7. The summed E-state index contributed by atoms with van der Waals surface area (Å²) in [4.78, 5) is 2.35. The average Bonchev–Trinajstić information content (AvgIpc) is 3.27. The van der Waals surface area contributed by atoms with Crippen molar-refractivity contribution in [2.75, 3.05) is 24.1 Å². The van der Waals surface area contributed by atoms with Crippen LogP contribution in [-0.4, -0.2) is 30.6 Å². The van der Waals surface area contributed by atoms with Gasteiger partial charge in [0.1, 0.15) is 17.2 Å². The number of benzene rings is 3. The van der Waals surface area contributed by atoms with Crippen molar-refractivity contribution in [3.05, 3.63) is 83.9 Å². The number of fused-ring (bicyclic) bond motifs is 1. The number of hydrogen-bond acceptors (Lipinski definition) is 5. The topological polar surface area (TPSA) is 48.3 Å². The molecular formula is C26H27N3O2. The molecule has 31 heavy (non-hydrogen) atoms. The van der Waals surface area contributed by atoms with Crippen molar-refractivity contribution in [1.29, 1.82) is 0 Å². The summed E-state index contributed by atoms with van der Waals surface area (Å²) in [6.45, 7) is 4.58. The number of ether oxygens (including phenoxy) is 1. The third kappa shape index (κ3) is 2.59. The van der Waals surface area contributed by atoms with Crippen molar-refractivity contribution in [1.82, 2.24) is 0 Å². The SMILES string of the molecule is COc1ccc(C2=NN(c3ccccc3)C3(C2)N(C)c2ccccc2C3(C)C)c(O)c1. The van der Waals surface area contributed by atoms with Gasteiger partial charge in [-0.3, -0.25) is 0 Å². The van der Waals surface area contributed by atoms with Gasteiger partial charge in [0, 0.05) is 36.2 Å². The molecule has 2 aliphatic heterocycles. The van der Waals surface area contributed by atoms with E-state index in [1.165, 1.54) is 11.3 Å². The Labute approximate surface area is 183 Å². The summed E-state index contributed by atoms with van der Waals surface area (Å²) in [5.41, 5.74) is 4.47. The van der Waals surface area contributed by atoms with Gasteiger partial charge in [-0.05, 0) is 35.9 Å². The smallest absolute Gasteiger partial charge is 0.149 e. The van der Waals surface area contributed by atoms with Gasteiger partial charge in [0.2, 0.25) is 0 Å². The second-order valence-electron chi connectivity index (χ2n) is 8.77. The number of nitrogens with zero attached hydrogens (tertiary/aromatic N) is 3. The molecule has 1 atom stereocenters. The van der Waals surface area contributed by atoms with Crippen molar-refractivity contribution >= 4 is 17.1 Å². The first-order valence-electron chi connectivity index (χ1n) is 10.5. The fourth-order valence-corrected chi connectivity index (χ4v) is 5.29. The Hall–Kier alpha value is -3.47. The van der Waals surface area contributed by atoms with Crippen LogP contribution in [0.2, 0.25) is 0 Å².